The smallest absolute Gasteiger partial charge is 0.235 e. The molecule has 1 heterocycles. The number of aliphatic hydroxyl groups is 1. The molecule has 0 unspecified atom stereocenters. The molecule has 7 heavy (non-hydrogen) atoms. The van der Waals surface area contributed by atoms with E-state index < -0.39 is 0 Å². The first-order chi connectivity index (χ1) is 3.30. The van der Waals surface area contributed by atoms with Crippen LogP contribution in [-0.2, 0) is 0 Å². The van der Waals surface area contributed by atoms with E-state index in [0.29, 0.717) is 0 Å². The summed E-state index contributed by atoms with van der Waals surface area (Å²) in [7, 11) is 0. The number of aliphatic hydroxyl groups excluding tert-OH is 1. The molecule has 1 N–H and O–H groups in total. The summed E-state index contributed by atoms with van der Waals surface area (Å²) >= 11 is 0. The van der Waals surface area contributed by atoms with Crippen molar-refractivity contribution in [2.75, 3.05) is 0 Å². The fourth-order valence-electron chi connectivity index (χ4n) is 0.307. The average molecular weight is 97.1 g/mol. The van der Waals surface area contributed by atoms with Crippen LogP contribution in [0.4, 0.5) is 0 Å². The normalized spacial score (nSPS) is 17.9. The van der Waals surface area contributed by atoms with Crippen LogP contribution in [0.2, 0.25) is 0 Å². The van der Waals surface area contributed by atoms with E-state index in [1.54, 1.807) is 6.92 Å². The van der Waals surface area contributed by atoms with Gasteiger partial charge in [-0.2, -0.15) is 5.10 Å². The second-order valence-corrected chi connectivity index (χ2v) is 1.35. The van der Waals surface area contributed by atoms with E-state index in [9.17, 15) is 0 Å². The highest BCUT2D eigenvalue weighted by Gasteiger charge is 2.02. The topological polar surface area (TPSA) is 46.7 Å². The van der Waals surface area contributed by atoms with Crippen LogP contribution in [0.1, 0.15) is 6.92 Å². The van der Waals surface area contributed by atoms with Crippen molar-refractivity contribution in [3.63, 3.8) is 0 Å². The number of nitrogens with zero attached hydrogens (tertiary/aromatic N) is 2. The third-order valence-corrected chi connectivity index (χ3v) is 0.757. The Bertz CT molecular complexity index is 137. The van der Waals surface area contributed by atoms with Crippen LogP contribution in [0.25, 0.3) is 0 Å². The molecule has 3 nitrogen and oxygen atoms in total. The van der Waals surface area contributed by atoms with Gasteiger partial charge in [0.1, 0.15) is 0 Å². The zero-order chi connectivity index (χ0) is 5.28. The highest BCUT2D eigenvalue weighted by atomic mass is 16.3. The van der Waals surface area contributed by atoms with Gasteiger partial charge < -0.3 is 5.11 Å². The maximum absolute atomic E-state index is 8.59. The Balaban J connectivity index is 2.79. The first-order valence-corrected chi connectivity index (χ1v) is 1.94. The van der Waals surface area contributed by atoms with Crippen molar-refractivity contribution >= 4 is 6.21 Å². The first-order valence-electron chi connectivity index (χ1n) is 1.94. The van der Waals surface area contributed by atoms with Crippen LogP contribution < -0.4 is 5.43 Å². The Hall–Kier alpha value is -0.990. The lowest BCUT2D eigenvalue weighted by molar-refractivity contribution is 0.366. The zero-order valence-electron chi connectivity index (χ0n) is 3.92. The minimum Gasteiger partial charge on any atom is -0.492 e. The molecule has 0 saturated heterocycles. The maximum atomic E-state index is 8.59. The molecule has 0 saturated carbocycles. The van der Waals surface area contributed by atoms with Gasteiger partial charge in [-0.3, -0.25) is 0 Å². The molecular formula is C4H5N2O. The molecule has 1 radical (unpaired) electrons. The van der Waals surface area contributed by atoms with Gasteiger partial charge in [0.15, 0.2) is 0 Å². The maximum Gasteiger partial charge on any atom is 0.235 e. The molecule has 0 aromatic rings. The van der Waals surface area contributed by atoms with Crippen LogP contribution in [0.15, 0.2) is 16.6 Å². The number of allylic oxidation sites excluding steroid dienone is 1. The standard InChI is InChI=1S/C4H5N2O/c1-3-2-5-6-4(3)7/h2,7H,1H3. The zero-order valence-corrected chi connectivity index (χ0v) is 3.92. The molecule has 1 aliphatic heterocycles. The van der Waals surface area contributed by atoms with E-state index >= 15 is 0 Å². The molecule has 3 heteroatoms. The fourth-order valence-corrected chi connectivity index (χ4v) is 0.307. The van der Waals surface area contributed by atoms with Crippen LogP contribution >= 0.6 is 0 Å². The SMILES string of the molecule is CC1=C(O)[N]N=C1. The highest BCUT2D eigenvalue weighted by Crippen LogP contribution is 2.00. The molecule has 0 amide bonds. The molecule has 0 aromatic heterocycles. The highest BCUT2D eigenvalue weighted by molar-refractivity contribution is 5.79. The van der Waals surface area contributed by atoms with Crippen molar-refractivity contribution < 1.29 is 5.11 Å². The second-order valence-electron chi connectivity index (χ2n) is 1.35. The van der Waals surface area contributed by atoms with Crippen LogP contribution in [0.5, 0.6) is 0 Å². The summed E-state index contributed by atoms with van der Waals surface area (Å²) in [6.45, 7) is 1.75. The van der Waals surface area contributed by atoms with E-state index in [1.807, 2.05) is 0 Å². The number of rotatable bonds is 0. The number of hydrogen-bond acceptors (Lipinski definition) is 2. The summed E-state index contributed by atoms with van der Waals surface area (Å²) in [5, 5.41) is 12.0. The molecule has 37 valence electrons. The van der Waals surface area contributed by atoms with Crippen molar-refractivity contribution in [2.45, 2.75) is 6.92 Å². The lowest BCUT2D eigenvalue weighted by Crippen LogP contribution is -1.89. The summed E-state index contributed by atoms with van der Waals surface area (Å²) in [5.41, 5.74) is 4.04. The summed E-state index contributed by atoms with van der Waals surface area (Å²) in [6, 6.07) is 0. The first kappa shape index (κ1) is 4.18. The van der Waals surface area contributed by atoms with E-state index in [0.717, 1.165) is 5.57 Å². The van der Waals surface area contributed by atoms with Crippen molar-refractivity contribution in [1.29, 1.82) is 0 Å². The van der Waals surface area contributed by atoms with Crippen LogP contribution in [0, 0.1) is 0 Å². The third kappa shape index (κ3) is 0.559. The van der Waals surface area contributed by atoms with E-state index in [-0.39, 0.29) is 5.88 Å². The molecule has 1 rings (SSSR count). The van der Waals surface area contributed by atoms with Crippen molar-refractivity contribution in [3.8, 4) is 0 Å². The van der Waals surface area contributed by atoms with Crippen LogP contribution in [0.3, 0.4) is 0 Å². The molecule has 0 bridgehead atoms. The monoisotopic (exact) mass is 97.0 g/mol. The van der Waals surface area contributed by atoms with Gasteiger partial charge in [0.25, 0.3) is 0 Å². The van der Waals surface area contributed by atoms with E-state index in [2.05, 4.69) is 10.5 Å². The summed E-state index contributed by atoms with van der Waals surface area (Å²) < 4.78 is 0. The minimum absolute atomic E-state index is 0.0278. The van der Waals surface area contributed by atoms with E-state index in [1.165, 1.54) is 6.21 Å². The minimum atomic E-state index is 0.0278. The summed E-state index contributed by atoms with van der Waals surface area (Å²) in [5.74, 6) is 0.0278. The third-order valence-electron chi connectivity index (χ3n) is 0.757. The quantitative estimate of drug-likeness (QED) is 0.466. The van der Waals surface area contributed by atoms with Gasteiger partial charge in [0, 0.05) is 5.57 Å². The Morgan fingerprint density at radius 2 is 2.43 bits per heavy atom. The van der Waals surface area contributed by atoms with Gasteiger partial charge in [-0.05, 0) is 6.92 Å². The molecule has 1 aliphatic rings. The van der Waals surface area contributed by atoms with Gasteiger partial charge >= 0.3 is 0 Å². The fraction of sp³-hybridized carbons (Fsp3) is 0.250. The van der Waals surface area contributed by atoms with Gasteiger partial charge in [-0.25, -0.2) is 0 Å². The predicted molar refractivity (Wildman–Crippen MR) is 26.0 cm³/mol. The Morgan fingerprint density at radius 1 is 1.71 bits per heavy atom. The summed E-state index contributed by atoms with van der Waals surface area (Å²) in [6.07, 6.45) is 1.51. The second kappa shape index (κ2) is 1.26. The van der Waals surface area contributed by atoms with Gasteiger partial charge in [-0.15, -0.1) is 5.43 Å². The lowest BCUT2D eigenvalue weighted by atomic mass is 10.4. The van der Waals surface area contributed by atoms with Crippen molar-refractivity contribution in [2.24, 2.45) is 5.10 Å². The van der Waals surface area contributed by atoms with Gasteiger partial charge in [0.05, 0.1) is 6.21 Å². The largest absolute Gasteiger partial charge is 0.492 e. The van der Waals surface area contributed by atoms with Gasteiger partial charge in [0.2, 0.25) is 5.88 Å². The predicted octanol–water partition coefficient (Wildman–Crippen LogP) is 0.380. The Labute approximate surface area is 41.3 Å². The number of hydrogen-bond donors (Lipinski definition) is 1. The molecule has 0 atom stereocenters. The molecule has 0 aromatic carbocycles. The summed E-state index contributed by atoms with van der Waals surface area (Å²) in [4.78, 5) is 0. The lowest BCUT2D eigenvalue weighted by Gasteiger charge is -1.83. The van der Waals surface area contributed by atoms with Crippen molar-refractivity contribution in [1.82, 2.24) is 5.43 Å². The molecule has 0 fully saturated rings. The Morgan fingerprint density at radius 3 is 2.57 bits per heavy atom. The Kier molecular flexibility index (Phi) is 0.749. The molecular weight excluding hydrogens is 92.1 g/mol. The van der Waals surface area contributed by atoms with Gasteiger partial charge in [-0.1, -0.05) is 0 Å². The van der Waals surface area contributed by atoms with Crippen LogP contribution in [-0.4, -0.2) is 11.3 Å². The molecule has 0 spiro atoms. The average Bonchev–Trinajstić information content (AvgIpc) is 1.91. The molecule has 0 aliphatic carbocycles. The van der Waals surface area contributed by atoms with E-state index in [4.69, 9.17) is 5.11 Å². The van der Waals surface area contributed by atoms with Crippen molar-refractivity contribution in [3.05, 3.63) is 11.5 Å².